The summed E-state index contributed by atoms with van der Waals surface area (Å²) < 4.78 is 0. The summed E-state index contributed by atoms with van der Waals surface area (Å²) in [6.07, 6.45) is 7.26. The van der Waals surface area contributed by atoms with Crippen LogP contribution in [-0.4, -0.2) is 5.78 Å². The molecule has 0 aliphatic heterocycles. The highest BCUT2D eigenvalue weighted by Crippen LogP contribution is 2.31. The summed E-state index contributed by atoms with van der Waals surface area (Å²) in [5.74, 6) is 2.12. The fourth-order valence-electron chi connectivity index (χ4n) is 2.44. The smallest absolute Gasteiger partial charge is 0.136 e. The van der Waals surface area contributed by atoms with Gasteiger partial charge in [-0.1, -0.05) is 32.4 Å². The van der Waals surface area contributed by atoms with Gasteiger partial charge >= 0.3 is 0 Å². The number of hydrogen-bond acceptors (Lipinski definition) is 1. The molecule has 0 aromatic heterocycles. The second-order valence-electron chi connectivity index (χ2n) is 5.38. The number of carbonyl (C=O) groups excluding carboxylic acids is 1. The maximum atomic E-state index is 11.3. The summed E-state index contributed by atoms with van der Waals surface area (Å²) in [6.45, 7) is 8.32. The van der Waals surface area contributed by atoms with E-state index in [2.05, 4.69) is 19.9 Å². The third-order valence-corrected chi connectivity index (χ3v) is 3.53. The molecule has 1 aliphatic carbocycles. The van der Waals surface area contributed by atoms with Crippen molar-refractivity contribution in [1.29, 1.82) is 0 Å². The standard InChI is InChI=1S/C14H24O/c1-10(2)9-13-5-7-14(8-6-13)11(3)12(4)15/h7,10-11,13H,5-6,8-9H2,1-4H3. The van der Waals surface area contributed by atoms with Crippen LogP contribution in [0.3, 0.4) is 0 Å². The molecule has 0 aromatic carbocycles. The molecule has 86 valence electrons. The molecule has 2 unspecified atom stereocenters. The largest absolute Gasteiger partial charge is 0.299 e. The Balaban J connectivity index is 2.48. The minimum absolute atomic E-state index is 0.157. The molecule has 0 heterocycles. The second-order valence-corrected chi connectivity index (χ2v) is 5.38. The zero-order valence-electron chi connectivity index (χ0n) is 10.5. The van der Waals surface area contributed by atoms with Crippen molar-refractivity contribution < 1.29 is 4.79 Å². The van der Waals surface area contributed by atoms with Crippen LogP contribution in [0, 0.1) is 17.8 Å². The van der Waals surface area contributed by atoms with Crippen molar-refractivity contribution in [2.24, 2.45) is 17.8 Å². The van der Waals surface area contributed by atoms with E-state index in [0.29, 0.717) is 5.78 Å². The number of allylic oxidation sites excluding steroid dienone is 2. The fraction of sp³-hybridized carbons (Fsp3) is 0.786. The molecule has 1 heteroatoms. The molecule has 0 spiro atoms. The minimum Gasteiger partial charge on any atom is -0.299 e. The predicted molar refractivity (Wildman–Crippen MR) is 64.7 cm³/mol. The lowest BCUT2D eigenvalue weighted by atomic mass is 9.80. The molecule has 2 atom stereocenters. The van der Waals surface area contributed by atoms with E-state index in [0.717, 1.165) is 18.3 Å². The van der Waals surface area contributed by atoms with Gasteiger partial charge in [0, 0.05) is 5.92 Å². The van der Waals surface area contributed by atoms with Crippen molar-refractivity contribution in [3.05, 3.63) is 11.6 Å². The van der Waals surface area contributed by atoms with Crippen LogP contribution in [0.4, 0.5) is 0 Å². The number of rotatable bonds is 4. The SMILES string of the molecule is CC(=O)C(C)C1=CCC(CC(C)C)CC1. The van der Waals surface area contributed by atoms with Gasteiger partial charge in [0.25, 0.3) is 0 Å². The monoisotopic (exact) mass is 208 g/mol. The average molecular weight is 208 g/mol. The van der Waals surface area contributed by atoms with Crippen LogP contribution in [0.1, 0.15) is 53.4 Å². The molecular weight excluding hydrogens is 184 g/mol. The molecule has 0 saturated heterocycles. The van der Waals surface area contributed by atoms with Crippen LogP contribution in [0.2, 0.25) is 0 Å². The summed E-state index contributed by atoms with van der Waals surface area (Å²) in [4.78, 5) is 11.3. The lowest BCUT2D eigenvalue weighted by molar-refractivity contribution is -0.119. The van der Waals surface area contributed by atoms with Crippen LogP contribution in [0.25, 0.3) is 0 Å². The van der Waals surface area contributed by atoms with E-state index in [1.54, 1.807) is 6.92 Å². The summed E-state index contributed by atoms with van der Waals surface area (Å²) in [5.41, 5.74) is 1.38. The molecule has 0 amide bonds. The summed E-state index contributed by atoms with van der Waals surface area (Å²) in [7, 11) is 0. The first-order valence-electron chi connectivity index (χ1n) is 6.20. The van der Waals surface area contributed by atoms with E-state index >= 15 is 0 Å². The molecule has 0 bridgehead atoms. The number of Topliss-reactive ketones (excluding diaryl/α,β-unsaturated/α-hetero) is 1. The van der Waals surface area contributed by atoms with Gasteiger partial charge in [0.1, 0.15) is 5.78 Å². The zero-order chi connectivity index (χ0) is 11.4. The van der Waals surface area contributed by atoms with E-state index in [1.807, 2.05) is 6.92 Å². The molecule has 1 nitrogen and oxygen atoms in total. The van der Waals surface area contributed by atoms with Crippen molar-refractivity contribution in [3.63, 3.8) is 0 Å². The molecule has 0 aromatic rings. The Labute approximate surface area is 93.9 Å². The Bertz CT molecular complexity index is 250. The van der Waals surface area contributed by atoms with Crippen molar-refractivity contribution >= 4 is 5.78 Å². The Morgan fingerprint density at radius 1 is 1.47 bits per heavy atom. The second kappa shape index (κ2) is 5.48. The summed E-state index contributed by atoms with van der Waals surface area (Å²) >= 11 is 0. The summed E-state index contributed by atoms with van der Waals surface area (Å²) in [6, 6.07) is 0. The molecular formula is C14H24O. The topological polar surface area (TPSA) is 17.1 Å². The molecule has 15 heavy (non-hydrogen) atoms. The van der Waals surface area contributed by atoms with Gasteiger partial charge in [-0.25, -0.2) is 0 Å². The third kappa shape index (κ3) is 3.81. The van der Waals surface area contributed by atoms with Gasteiger partial charge < -0.3 is 0 Å². The molecule has 1 rings (SSSR count). The van der Waals surface area contributed by atoms with E-state index in [-0.39, 0.29) is 5.92 Å². The van der Waals surface area contributed by atoms with Gasteiger partial charge in [-0.2, -0.15) is 0 Å². The van der Waals surface area contributed by atoms with Crippen molar-refractivity contribution in [2.45, 2.75) is 53.4 Å². The maximum absolute atomic E-state index is 11.3. The van der Waals surface area contributed by atoms with Crippen molar-refractivity contribution in [1.82, 2.24) is 0 Å². The van der Waals surface area contributed by atoms with Gasteiger partial charge in [-0.15, -0.1) is 0 Å². The zero-order valence-corrected chi connectivity index (χ0v) is 10.5. The minimum atomic E-state index is 0.157. The average Bonchev–Trinajstić information content (AvgIpc) is 2.17. The Hall–Kier alpha value is -0.590. The number of hydrogen-bond donors (Lipinski definition) is 0. The van der Waals surface area contributed by atoms with E-state index in [9.17, 15) is 4.79 Å². The van der Waals surface area contributed by atoms with Crippen LogP contribution in [-0.2, 0) is 4.79 Å². The Kier molecular flexibility index (Phi) is 4.56. The predicted octanol–water partition coefficient (Wildman–Crippen LogP) is 3.98. The maximum Gasteiger partial charge on any atom is 0.136 e. The highest BCUT2D eigenvalue weighted by molar-refractivity contribution is 5.80. The van der Waals surface area contributed by atoms with Crippen LogP contribution in [0.15, 0.2) is 11.6 Å². The normalized spacial score (nSPS) is 23.8. The number of carbonyl (C=O) groups is 1. The quantitative estimate of drug-likeness (QED) is 0.639. The van der Waals surface area contributed by atoms with Gasteiger partial charge in [-0.05, 0) is 44.4 Å². The highest BCUT2D eigenvalue weighted by atomic mass is 16.1. The van der Waals surface area contributed by atoms with Crippen molar-refractivity contribution in [2.75, 3.05) is 0 Å². The lowest BCUT2D eigenvalue weighted by Gasteiger charge is -2.25. The number of ketones is 1. The van der Waals surface area contributed by atoms with Gasteiger partial charge in [-0.3, -0.25) is 4.79 Å². The van der Waals surface area contributed by atoms with Crippen molar-refractivity contribution in [3.8, 4) is 0 Å². The van der Waals surface area contributed by atoms with Gasteiger partial charge in [0.15, 0.2) is 0 Å². The molecule has 0 saturated carbocycles. The molecule has 0 fully saturated rings. The first-order chi connectivity index (χ1) is 7.00. The highest BCUT2D eigenvalue weighted by Gasteiger charge is 2.20. The third-order valence-electron chi connectivity index (χ3n) is 3.53. The first kappa shape index (κ1) is 12.5. The fourth-order valence-corrected chi connectivity index (χ4v) is 2.44. The van der Waals surface area contributed by atoms with Crippen LogP contribution in [0.5, 0.6) is 0 Å². The molecule has 0 radical (unpaired) electrons. The van der Waals surface area contributed by atoms with Crippen LogP contribution < -0.4 is 0 Å². The van der Waals surface area contributed by atoms with E-state index in [1.165, 1.54) is 24.8 Å². The van der Waals surface area contributed by atoms with Crippen LogP contribution >= 0.6 is 0 Å². The Morgan fingerprint density at radius 2 is 2.13 bits per heavy atom. The van der Waals surface area contributed by atoms with E-state index < -0.39 is 0 Å². The van der Waals surface area contributed by atoms with E-state index in [4.69, 9.17) is 0 Å². The molecule has 1 aliphatic rings. The van der Waals surface area contributed by atoms with Gasteiger partial charge in [0.05, 0.1) is 0 Å². The van der Waals surface area contributed by atoms with Gasteiger partial charge in [0.2, 0.25) is 0 Å². The summed E-state index contributed by atoms with van der Waals surface area (Å²) in [5, 5.41) is 0. The molecule has 0 N–H and O–H groups in total. The Morgan fingerprint density at radius 3 is 2.53 bits per heavy atom. The lowest BCUT2D eigenvalue weighted by Crippen LogP contribution is -2.15. The first-order valence-corrected chi connectivity index (χ1v) is 6.20.